The van der Waals surface area contributed by atoms with E-state index in [1.54, 1.807) is 12.1 Å². The molecule has 0 bridgehead atoms. The first-order valence-corrected chi connectivity index (χ1v) is 7.52. The molecule has 0 atom stereocenters. The monoisotopic (exact) mass is 296 g/mol. The van der Waals surface area contributed by atoms with Gasteiger partial charge in [-0.3, -0.25) is 10.1 Å². The Labute approximate surface area is 115 Å². The molecule has 106 valence electrons. The zero-order valence-electron chi connectivity index (χ0n) is 10.6. The Hall–Kier alpha value is -2.35. The van der Waals surface area contributed by atoms with Gasteiger partial charge in [-0.05, 0) is 30.3 Å². The van der Waals surface area contributed by atoms with E-state index in [4.69, 9.17) is 4.42 Å². The molecular weight excluding hydrogens is 284 g/mol. The number of nitrogens with one attached hydrogen (secondary N) is 1. The van der Waals surface area contributed by atoms with Crippen LogP contribution in [0.3, 0.4) is 0 Å². The van der Waals surface area contributed by atoms with Crippen molar-refractivity contribution in [2.45, 2.75) is 11.4 Å². The third-order valence-corrected chi connectivity index (χ3v) is 3.71. The van der Waals surface area contributed by atoms with Crippen LogP contribution >= 0.6 is 0 Å². The Morgan fingerprint density at radius 1 is 1.20 bits per heavy atom. The lowest BCUT2D eigenvalue weighted by Crippen LogP contribution is -2.00. The topological polar surface area (TPSA) is 102 Å². The highest BCUT2D eigenvalue weighted by atomic mass is 32.2. The van der Waals surface area contributed by atoms with Gasteiger partial charge in [-0.1, -0.05) is 0 Å². The van der Waals surface area contributed by atoms with Crippen molar-refractivity contribution in [1.82, 2.24) is 0 Å². The average Bonchev–Trinajstić information content (AvgIpc) is 2.85. The number of hydrogen-bond donors (Lipinski definition) is 1. The molecule has 2 aromatic rings. The summed E-state index contributed by atoms with van der Waals surface area (Å²) in [5, 5.41) is 13.4. The number of furan rings is 1. The van der Waals surface area contributed by atoms with Gasteiger partial charge in [-0.25, -0.2) is 8.42 Å². The summed E-state index contributed by atoms with van der Waals surface area (Å²) in [6, 6.07) is 9.01. The predicted octanol–water partition coefficient (Wildman–Crippen LogP) is 2.20. The largest absolute Gasteiger partial charge is 0.433 e. The van der Waals surface area contributed by atoms with E-state index >= 15 is 0 Å². The highest BCUT2D eigenvalue weighted by molar-refractivity contribution is 7.90. The van der Waals surface area contributed by atoms with E-state index in [2.05, 4.69) is 5.32 Å². The first-order valence-electron chi connectivity index (χ1n) is 5.63. The molecule has 8 heteroatoms. The number of rotatable bonds is 5. The molecule has 1 heterocycles. The van der Waals surface area contributed by atoms with Crippen molar-refractivity contribution in [3.8, 4) is 0 Å². The van der Waals surface area contributed by atoms with E-state index in [0.717, 1.165) is 6.26 Å². The molecule has 1 aromatic heterocycles. The van der Waals surface area contributed by atoms with E-state index in [1.807, 2.05) is 0 Å². The second kappa shape index (κ2) is 5.33. The molecule has 0 saturated carbocycles. The first kappa shape index (κ1) is 14.1. The lowest BCUT2D eigenvalue weighted by atomic mass is 10.3. The molecule has 0 aliphatic carbocycles. The van der Waals surface area contributed by atoms with Gasteiger partial charge in [0.05, 0.1) is 17.5 Å². The second-order valence-electron chi connectivity index (χ2n) is 4.15. The van der Waals surface area contributed by atoms with Crippen molar-refractivity contribution < 1.29 is 17.8 Å². The van der Waals surface area contributed by atoms with Crippen LogP contribution in [0.2, 0.25) is 0 Å². The maximum absolute atomic E-state index is 11.3. The van der Waals surface area contributed by atoms with Crippen molar-refractivity contribution in [3.05, 3.63) is 52.3 Å². The van der Waals surface area contributed by atoms with Crippen LogP contribution in [-0.4, -0.2) is 19.6 Å². The van der Waals surface area contributed by atoms with Crippen molar-refractivity contribution in [2.75, 3.05) is 11.6 Å². The molecule has 0 amide bonds. The van der Waals surface area contributed by atoms with Gasteiger partial charge < -0.3 is 9.73 Å². The van der Waals surface area contributed by atoms with Crippen LogP contribution in [0, 0.1) is 10.1 Å². The molecule has 0 fully saturated rings. The molecular formula is C12H12N2O5S. The van der Waals surface area contributed by atoms with Crippen LogP contribution in [-0.2, 0) is 16.4 Å². The fraction of sp³-hybridized carbons (Fsp3) is 0.167. The molecule has 1 aromatic carbocycles. The van der Waals surface area contributed by atoms with Crippen LogP contribution in [0.5, 0.6) is 0 Å². The number of anilines is 1. The van der Waals surface area contributed by atoms with Crippen LogP contribution in [0.25, 0.3) is 0 Å². The minimum atomic E-state index is -3.21. The van der Waals surface area contributed by atoms with Gasteiger partial charge in [-0.15, -0.1) is 0 Å². The normalized spacial score (nSPS) is 11.2. The number of hydrogen-bond acceptors (Lipinski definition) is 6. The highest BCUT2D eigenvalue weighted by Crippen LogP contribution is 2.18. The van der Waals surface area contributed by atoms with Gasteiger partial charge in [0.2, 0.25) is 0 Å². The Morgan fingerprint density at radius 3 is 2.35 bits per heavy atom. The summed E-state index contributed by atoms with van der Waals surface area (Å²) in [5.74, 6) is 0.109. The average molecular weight is 296 g/mol. The Kier molecular flexibility index (Phi) is 3.75. The van der Waals surface area contributed by atoms with Gasteiger partial charge in [-0.2, -0.15) is 0 Å². The predicted molar refractivity (Wildman–Crippen MR) is 72.2 cm³/mol. The molecule has 0 aliphatic rings. The van der Waals surface area contributed by atoms with Gasteiger partial charge in [0.1, 0.15) is 10.7 Å². The zero-order chi connectivity index (χ0) is 14.8. The Balaban J connectivity index is 2.02. The number of sulfone groups is 1. The van der Waals surface area contributed by atoms with E-state index in [9.17, 15) is 18.5 Å². The second-order valence-corrected chi connectivity index (χ2v) is 6.16. The summed E-state index contributed by atoms with van der Waals surface area (Å²) in [7, 11) is -3.21. The summed E-state index contributed by atoms with van der Waals surface area (Å²) in [6.45, 7) is 0.270. The third kappa shape index (κ3) is 3.35. The number of benzene rings is 1. The van der Waals surface area contributed by atoms with Crippen LogP contribution in [0.1, 0.15) is 5.76 Å². The zero-order valence-corrected chi connectivity index (χ0v) is 11.4. The third-order valence-electron chi connectivity index (χ3n) is 2.58. The van der Waals surface area contributed by atoms with Crippen molar-refractivity contribution in [3.63, 3.8) is 0 Å². The molecule has 0 saturated heterocycles. The van der Waals surface area contributed by atoms with Crippen LogP contribution in [0.4, 0.5) is 11.6 Å². The van der Waals surface area contributed by atoms with Gasteiger partial charge in [0.25, 0.3) is 0 Å². The SMILES string of the molecule is CS(=O)(=O)c1ccc(NCc2ccc([N+](=O)[O-])o2)cc1. The van der Waals surface area contributed by atoms with Crippen molar-refractivity contribution in [2.24, 2.45) is 0 Å². The number of nitro groups is 1. The summed E-state index contributed by atoms with van der Waals surface area (Å²) in [5.41, 5.74) is 0.691. The molecule has 0 aliphatic heterocycles. The fourth-order valence-electron chi connectivity index (χ4n) is 1.57. The van der Waals surface area contributed by atoms with Crippen molar-refractivity contribution in [1.29, 1.82) is 0 Å². The molecule has 0 unspecified atom stereocenters. The van der Waals surface area contributed by atoms with Crippen LogP contribution < -0.4 is 5.32 Å². The maximum atomic E-state index is 11.3. The minimum Gasteiger partial charge on any atom is -0.404 e. The van der Waals surface area contributed by atoms with E-state index in [-0.39, 0.29) is 17.3 Å². The van der Waals surface area contributed by atoms with E-state index in [1.165, 1.54) is 24.3 Å². The number of nitrogens with zero attached hydrogens (tertiary/aromatic N) is 1. The Bertz CT molecular complexity index is 719. The van der Waals surface area contributed by atoms with E-state index in [0.29, 0.717) is 11.4 Å². The van der Waals surface area contributed by atoms with Gasteiger partial charge >= 0.3 is 5.88 Å². The van der Waals surface area contributed by atoms with Crippen LogP contribution in [0.15, 0.2) is 45.7 Å². The van der Waals surface area contributed by atoms with Gasteiger partial charge in [0.15, 0.2) is 9.84 Å². The minimum absolute atomic E-state index is 0.233. The first-order chi connectivity index (χ1) is 9.36. The smallest absolute Gasteiger partial charge is 0.404 e. The molecule has 0 spiro atoms. The van der Waals surface area contributed by atoms with Gasteiger partial charge in [0, 0.05) is 11.9 Å². The summed E-state index contributed by atoms with van der Waals surface area (Å²) in [6.07, 6.45) is 1.14. The Morgan fingerprint density at radius 2 is 1.85 bits per heavy atom. The molecule has 1 N–H and O–H groups in total. The summed E-state index contributed by atoms with van der Waals surface area (Å²) < 4.78 is 27.6. The molecule has 7 nitrogen and oxygen atoms in total. The molecule has 2 rings (SSSR count). The standard InChI is InChI=1S/C12H12N2O5S/c1-20(17,18)11-5-2-9(3-6-11)13-8-10-4-7-12(19-10)14(15)16/h2-7,13H,8H2,1H3. The summed E-state index contributed by atoms with van der Waals surface area (Å²) in [4.78, 5) is 10.1. The maximum Gasteiger partial charge on any atom is 0.433 e. The molecule has 0 radical (unpaired) electrons. The van der Waals surface area contributed by atoms with E-state index < -0.39 is 14.8 Å². The van der Waals surface area contributed by atoms with Crippen molar-refractivity contribution >= 4 is 21.4 Å². The summed E-state index contributed by atoms with van der Waals surface area (Å²) >= 11 is 0. The fourth-order valence-corrected chi connectivity index (χ4v) is 2.20. The quantitative estimate of drug-likeness (QED) is 0.670. The lowest BCUT2D eigenvalue weighted by Gasteiger charge is -2.05. The lowest BCUT2D eigenvalue weighted by molar-refractivity contribution is -0.402. The highest BCUT2D eigenvalue weighted by Gasteiger charge is 2.11. The molecule has 20 heavy (non-hydrogen) atoms.